The average Bonchev–Trinajstić information content (AvgIpc) is 2.89. The van der Waals surface area contributed by atoms with Gasteiger partial charge >= 0.3 is 0 Å². The Kier molecular flexibility index (Phi) is 2.92. The van der Waals surface area contributed by atoms with E-state index < -0.39 is 0 Å². The molecule has 3 N–H and O–H groups in total. The molecule has 100 valence electrons. The Hall–Kier alpha value is -1.99. The first-order valence-electron chi connectivity index (χ1n) is 5.54. The van der Waals surface area contributed by atoms with Gasteiger partial charge in [-0.2, -0.15) is 4.98 Å². The summed E-state index contributed by atoms with van der Waals surface area (Å²) >= 11 is 6.08. The highest BCUT2D eigenvalue weighted by atomic mass is 35.5. The fourth-order valence-corrected chi connectivity index (χ4v) is 2.01. The van der Waals surface area contributed by atoms with Gasteiger partial charge in [0.15, 0.2) is 11.5 Å². The van der Waals surface area contributed by atoms with E-state index in [4.69, 9.17) is 31.3 Å². The van der Waals surface area contributed by atoms with Crippen LogP contribution in [-0.2, 0) is 6.54 Å². The number of nitrogens with two attached hydrogens (primary N) is 1. The molecule has 2 heterocycles. The van der Waals surface area contributed by atoms with Crippen LogP contribution >= 0.6 is 11.6 Å². The number of phenolic OH excluding ortho intramolecular Hbond substituents is 1. The van der Waals surface area contributed by atoms with Crippen molar-refractivity contribution in [3.8, 4) is 28.6 Å². The topological polar surface area (TPSA) is 104 Å². The molecule has 0 amide bonds. The molecule has 0 saturated heterocycles. The van der Waals surface area contributed by atoms with E-state index in [0.717, 1.165) is 0 Å². The summed E-state index contributed by atoms with van der Waals surface area (Å²) in [6, 6.07) is 1.39. The van der Waals surface area contributed by atoms with Crippen LogP contribution in [0.15, 0.2) is 10.6 Å². The average molecular weight is 284 g/mol. The van der Waals surface area contributed by atoms with Crippen molar-refractivity contribution in [2.45, 2.75) is 6.54 Å². The van der Waals surface area contributed by atoms with E-state index in [1.165, 1.54) is 6.07 Å². The Morgan fingerprint density at radius 1 is 1.37 bits per heavy atom. The molecule has 0 aliphatic carbocycles. The predicted octanol–water partition coefficient (Wildman–Crippen LogP) is 1.33. The summed E-state index contributed by atoms with van der Waals surface area (Å²) in [7, 11) is 0. The van der Waals surface area contributed by atoms with Crippen LogP contribution in [-0.4, -0.2) is 28.5 Å². The minimum atomic E-state index is -0.139. The molecule has 7 nitrogen and oxygen atoms in total. The van der Waals surface area contributed by atoms with Crippen molar-refractivity contribution < 1.29 is 19.1 Å². The maximum absolute atomic E-state index is 9.80. The number of aromatic nitrogens is 2. The van der Waals surface area contributed by atoms with Gasteiger partial charge in [0.25, 0.3) is 0 Å². The molecular weight excluding hydrogens is 274 g/mol. The van der Waals surface area contributed by atoms with Gasteiger partial charge in [-0.05, 0) is 0 Å². The highest BCUT2D eigenvalue weighted by Crippen LogP contribution is 2.47. The Labute approximate surface area is 112 Å². The van der Waals surface area contributed by atoms with Crippen LogP contribution in [0.3, 0.4) is 0 Å². The minimum Gasteiger partial charge on any atom is -0.506 e. The molecule has 2 aromatic rings. The molecule has 19 heavy (non-hydrogen) atoms. The standard InChI is InChI=1S/C11H10ClN3O4/c12-9-5(16)3-6-10(18-2-1-17-6)8(9)11-14-7(4-13)19-15-11/h3,16H,1-2,4,13H2. The number of phenols is 1. The van der Waals surface area contributed by atoms with Crippen LogP contribution in [0, 0.1) is 0 Å². The van der Waals surface area contributed by atoms with E-state index in [1.807, 2.05) is 0 Å². The summed E-state index contributed by atoms with van der Waals surface area (Å²) < 4.78 is 15.8. The molecule has 0 fully saturated rings. The summed E-state index contributed by atoms with van der Waals surface area (Å²) in [5.74, 6) is 1.10. The molecule has 3 rings (SSSR count). The van der Waals surface area contributed by atoms with E-state index in [-0.39, 0.29) is 29.0 Å². The van der Waals surface area contributed by atoms with Crippen LogP contribution in [0.25, 0.3) is 11.4 Å². The zero-order valence-electron chi connectivity index (χ0n) is 9.72. The minimum absolute atomic E-state index is 0.0774. The summed E-state index contributed by atoms with van der Waals surface area (Å²) in [6.07, 6.45) is 0. The van der Waals surface area contributed by atoms with Crippen LogP contribution in [0.2, 0.25) is 5.02 Å². The lowest BCUT2D eigenvalue weighted by molar-refractivity contribution is 0.171. The van der Waals surface area contributed by atoms with Crippen molar-refractivity contribution >= 4 is 11.6 Å². The van der Waals surface area contributed by atoms with Gasteiger partial charge < -0.3 is 24.8 Å². The maximum atomic E-state index is 9.80. The van der Waals surface area contributed by atoms with Gasteiger partial charge in [0.1, 0.15) is 19.0 Å². The first-order valence-corrected chi connectivity index (χ1v) is 5.92. The number of aromatic hydroxyl groups is 1. The Morgan fingerprint density at radius 3 is 2.89 bits per heavy atom. The highest BCUT2D eigenvalue weighted by molar-refractivity contribution is 6.35. The van der Waals surface area contributed by atoms with Crippen molar-refractivity contribution in [1.82, 2.24) is 10.1 Å². The molecule has 1 aliphatic heterocycles. The first kappa shape index (κ1) is 12.1. The SMILES string of the molecule is NCc1nc(-c2c(Cl)c(O)cc3c2OCCO3)no1. The largest absolute Gasteiger partial charge is 0.506 e. The van der Waals surface area contributed by atoms with Crippen molar-refractivity contribution in [1.29, 1.82) is 0 Å². The third kappa shape index (κ3) is 1.96. The van der Waals surface area contributed by atoms with E-state index in [1.54, 1.807) is 0 Å². The molecule has 0 atom stereocenters. The first-order chi connectivity index (χ1) is 9.20. The van der Waals surface area contributed by atoms with Gasteiger partial charge in [-0.1, -0.05) is 16.8 Å². The Morgan fingerprint density at radius 2 is 2.16 bits per heavy atom. The fourth-order valence-electron chi connectivity index (χ4n) is 1.79. The number of rotatable bonds is 2. The number of ether oxygens (including phenoxy) is 2. The third-order valence-corrected chi connectivity index (χ3v) is 3.00. The lowest BCUT2D eigenvalue weighted by Gasteiger charge is -2.21. The number of hydrogen-bond acceptors (Lipinski definition) is 7. The fraction of sp³-hybridized carbons (Fsp3) is 0.273. The van der Waals surface area contributed by atoms with Crippen LogP contribution in [0.4, 0.5) is 0 Å². The molecule has 0 spiro atoms. The smallest absolute Gasteiger partial charge is 0.240 e. The molecule has 1 aromatic carbocycles. The van der Waals surface area contributed by atoms with Crippen LogP contribution in [0.1, 0.15) is 5.89 Å². The molecule has 0 radical (unpaired) electrons. The van der Waals surface area contributed by atoms with Gasteiger partial charge in [0.05, 0.1) is 17.1 Å². The monoisotopic (exact) mass is 283 g/mol. The zero-order chi connectivity index (χ0) is 13.4. The van der Waals surface area contributed by atoms with Gasteiger partial charge in [0.2, 0.25) is 11.7 Å². The summed E-state index contributed by atoms with van der Waals surface area (Å²) in [5, 5.41) is 13.7. The van der Waals surface area contributed by atoms with E-state index in [0.29, 0.717) is 30.3 Å². The van der Waals surface area contributed by atoms with Gasteiger partial charge in [-0.3, -0.25) is 0 Å². The molecular formula is C11H10ClN3O4. The second-order valence-electron chi connectivity index (χ2n) is 3.82. The van der Waals surface area contributed by atoms with E-state index >= 15 is 0 Å². The van der Waals surface area contributed by atoms with Crippen molar-refractivity contribution in [3.63, 3.8) is 0 Å². The molecule has 0 bridgehead atoms. The lowest BCUT2D eigenvalue weighted by Crippen LogP contribution is -2.16. The van der Waals surface area contributed by atoms with Crippen molar-refractivity contribution in [2.75, 3.05) is 13.2 Å². The number of benzene rings is 1. The summed E-state index contributed by atoms with van der Waals surface area (Å²) in [5.41, 5.74) is 5.75. The third-order valence-electron chi connectivity index (χ3n) is 2.62. The zero-order valence-corrected chi connectivity index (χ0v) is 10.5. The van der Waals surface area contributed by atoms with Crippen molar-refractivity contribution in [2.24, 2.45) is 5.73 Å². The van der Waals surface area contributed by atoms with Gasteiger partial charge in [0, 0.05) is 6.07 Å². The van der Waals surface area contributed by atoms with E-state index in [9.17, 15) is 5.11 Å². The molecule has 1 aliphatic rings. The highest BCUT2D eigenvalue weighted by Gasteiger charge is 2.26. The molecule has 1 aromatic heterocycles. The summed E-state index contributed by atoms with van der Waals surface area (Å²) in [6.45, 7) is 0.888. The molecule has 0 saturated carbocycles. The second-order valence-corrected chi connectivity index (χ2v) is 4.20. The van der Waals surface area contributed by atoms with Gasteiger partial charge in [-0.15, -0.1) is 0 Å². The van der Waals surface area contributed by atoms with Crippen molar-refractivity contribution in [3.05, 3.63) is 17.0 Å². The molecule has 0 unspecified atom stereocenters. The van der Waals surface area contributed by atoms with Gasteiger partial charge in [-0.25, -0.2) is 0 Å². The van der Waals surface area contributed by atoms with Crippen LogP contribution in [0.5, 0.6) is 17.2 Å². The second kappa shape index (κ2) is 4.60. The number of hydrogen-bond donors (Lipinski definition) is 2. The van der Waals surface area contributed by atoms with Crippen LogP contribution < -0.4 is 15.2 Å². The quantitative estimate of drug-likeness (QED) is 0.856. The predicted molar refractivity (Wildman–Crippen MR) is 65.3 cm³/mol. The summed E-state index contributed by atoms with van der Waals surface area (Å²) in [4.78, 5) is 4.08. The number of halogens is 1. The van der Waals surface area contributed by atoms with E-state index in [2.05, 4.69) is 10.1 Å². The number of fused-ring (bicyclic) bond motifs is 1. The lowest BCUT2D eigenvalue weighted by atomic mass is 10.1. The maximum Gasteiger partial charge on any atom is 0.240 e. The Bertz CT molecular complexity index is 629. The molecule has 8 heteroatoms. The Balaban J connectivity index is 2.20. The number of nitrogens with zero attached hydrogens (tertiary/aromatic N) is 2. The normalized spacial score (nSPS) is 13.6.